The molecule has 0 fully saturated rings. The normalized spacial score (nSPS) is 11.3. The standard InChI is InChI=1S/C8H15BrO2/c1-5(2)7(6(3)4)11-8(9)10/h5-7H,1-4H3. The van der Waals surface area contributed by atoms with E-state index in [1.165, 1.54) is 0 Å². The van der Waals surface area contributed by atoms with Crippen molar-refractivity contribution in [1.29, 1.82) is 0 Å². The molecular weight excluding hydrogens is 208 g/mol. The third-order valence-electron chi connectivity index (χ3n) is 1.54. The zero-order chi connectivity index (χ0) is 9.02. The van der Waals surface area contributed by atoms with Crippen LogP contribution in [0.4, 0.5) is 4.79 Å². The average Bonchev–Trinajstić information content (AvgIpc) is 1.81. The molecule has 0 N–H and O–H groups in total. The SMILES string of the molecule is CC(C)C(OC(=O)Br)C(C)C. The van der Waals surface area contributed by atoms with Crippen LogP contribution in [-0.4, -0.2) is 11.0 Å². The summed E-state index contributed by atoms with van der Waals surface area (Å²) in [7, 11) is 0. The molecule has 66 valence electrons. The lowest BCUT2D eigenvalue weighted by Gasteiger charge is -2.23. The van der Waals surface area contributed by atoms with Gasteiger partial charge in [-0.25, -0.2) is 4.79 Å². The highest BCUT2D eigenvalue weighted by molar-refractivity contribution is 9.18. The molecule has 0 rings (SSSR count). The van der Waals surface area contributed by atoms with Crippen molar-refractivity contribution in [2.75, 3.05) is 0 Å². The summed E-state index contributed by atoms with van der Waals surface area (Å²) in [6, 6.07) is 0. The second-order valence-corrected chi connectivity index (χ2v) is 3.96. The zero-order valence-corrected chi connectivity index (χ0v) is 9.01. The van der Waals surface area contributed by atoms with E-state index in [9.17, 15) is 4.79 Å². The van der Waals surface area contributed by atoms with Crippen molar-refractivity contribution >= 4 is 20.8 Å². The maximum absolute atomic E-state index is 10.6. The molecule has 0 aliphatic heterocycles. The lowest BCUT2D eigenvalue weighted by molar-refractivity contribution is 0.0613. The molecule has 0 aromatic carbocycles. The first kappa shape index (κ1) is 11.0. The maximum Gasteiger partial charge on any atom is 0.374 e. The summed E-state index contributed by atoms with van der Waals surface area (Å²) in [5.41, 5.74) is 0. The van der Waals surface area contributed by atoms with Gasteiger partial charge in [0.25, 0.3) is 0 Å². The molecule has 0 aliphatic rings. The van der Waals surface area contributed by atoms with Gasteiger partial charge in [0.1, 0.15) is 6.10 Å². The summed E-state index contributed by atoms with van der Waals surface area (Å²) >= 11 is 2.75. The second kappa shape index (κ2) is 4.75. The van der Waals surface area contributed by atoms with Crippen molar-refractivity contribution in [3.8, 4) is 0 Å². The first-order chi connectivity index (χ1) is 4.95. The number of halogens is 1. The van der Waals surface area contributed by atoms with Crippen LogP contribution in [0.1, 0.15) is 27.7 Å². The van der Waals surface area contributed by atoms with E-state index in [0.29, 0.717) is 11.8 Å². The van der Waals surface area contributed by atoms with Crippen molar-refractivity contribution in [2.45, 2.75) is 33.8 Å². The topological polar surface area (TPSA) is 26.3 Å². The Morgan fingerprint density at radius 1 is 1.18 bits per heavy atom. The van der Waals surface area contributed by atoms with Crippen LogP contribution in [-0.2, 0) is 4.74 Å². The van der Waals surface area contributed by atoms with Gasteiger partial charge < -0.3 is 4.74 Å². The van der Waals surface area contributed by atoms with Crippen LogP contribution in [0.2, 0.25) is 0 Å². The van der Waals surface area contributed by atoms with Gasteiger partial charge in [-0.15, -0.1) is 0 Å². The van der Waals surface area contributed by atoms with E-state index in [2.05, 4.69) is 15.9 Å². The summed E-state index contributed by atoms with van der Waals surface area (Å²) in [5, 5.41) is 0. The van der Waals surface area contributed by atoms with Gasteiger partial charge in [0.05, 0.1) is 0 Å². The monoisotopic (exact) mass is 222 g/mol. The highest BCUT2D eigenvalue weighted by Gasteiger charge is 2.20. The number of ether oxygens (including phenoxy) is 1. The van der Waals surface area contributed by atoms with E-state index in [1.807, 2.05) is 27.7 Å². The fourth-order valence-corrected chi connectivity index (χ4v) is 1.36. The Labute approximate surface area is 76.4 Å². The molecule has 11 heavy (non-hydrogen) atoms. The third kappa shape index (κ3) is 4.40. The second-order valence-electron chi connectivity index (χ2n) is 3.31. The van der Waals surface area contributed by atoms with Crippen LogP contribution >= 0.6 is 15.9 Å². The molecule has 0 heterocycles. The van der Waals surface area contributed by atoms with E-state index >= 15 is 0 Å². The van der Waals surface area contributed by atoms with E-state index in [-0.39, 0.29) is 11.0 Å². The highest BCUT2D eigenvalue weighted by Crippen LogP contribution is 2.17. The number of rotatable bonds is 3. The molecular formula is C8H15BrO2. The van der Waals surface area contributed by atoms with Gasteiger partial charge in [0.2, 0.25) is 0 Å². The van der Waals surface area contributed by atoms with Gasteiger partial charge in [-0.3, -0.25) is 0 Å². The van der Waals surface area contributed by atoms with Crippen LogP contribution < -0.4 is 0 Å². The Morgan fingerprint density at radius 2 is 1.55 bits per heavy atom. The molecule has 0 aromatic rings. The van der Waals surface area contributed by atoms with E-state index < -0.39 is 0 Å². The lowest BCUT2D eigenvalue weighted by Crippen LogP contribution is -2.26. The minimum absolute atomic E-state index is 0.0156. The minimum Gasteiger partial charge on any atom is -0.453 e. The molecule has 0 spiro atoms. The Bertz CT molecular complexity index is 124. The number of carbonyl (C=O) groups is 1. The van der Waals surface area contributed by atoms with Crippen molar-refractivity contribution in [2.24, 2.45) is 11.8 Å². The Balaban J connectivity index is 4.00. The largest absolute Gasteiger partial charge is 0.453 e. The molecule has 2 nitrogen and oxygen atoms in total. The van der Waals surface area contributed by atoms with E-state index in [1.54, 1.807) is 0 Å². The van der Waals surface area contributed by atoms with Crippen molar-refractivity contribution in [3.05, 3.63) is 0 Å². The molecule has 0 aromatic heterocycles. The van der Waals surface area contributed by atoms with Gasteiger partial charge in [-0.1, -0.05) is 27.7 Å². The molecule has 0 bridgehead atoms. The molecule has 0 aliphatic carbocycles. The van der Waals surface area contributed by atoms with Gasteiger partial charge in [-0.2, -0.15) is 0 Å². The number of hydrogen-bond acceptors (Lipinski definition) is 2. The smallest absolute Gasteiger partial charge is 0.374 e. The summed E-state index contributed by atoms with van der Waals surface area (Å²) in [4.78, 5) is 10.2. The van der Waals surface area contributed by atoms with Gasteiger partial charge in [0, 0.05) is 15.9 Å². The quantitative estimate of drug-likeness (QED) is 0.686. The number of hydrogen-bond donors (Lipinski definition) is 0. The maximum atomic E-state index is 10.6. The van der Waals surface area contributed by atoms with E-state index in [0.717, 1.165) is 0 Å². The first-order valence-electron chi connectivity index (χ1n) is 3.81. The van der Waals surface area contributed by atoms with Crippen LogP contribution in [0.25, 0.3) is 0 Å². The summed E-state index contributed by atoms with van der Waals surface area (Å²) in [6.45, 7) is 8.17. The minimum atomic E-state index is -0.370. The van der Waals surface area contributed by atoms with Gasteiger partial charge in [-0.05, 0) is 11.8 Å². The Morgan fingerprint density at radius 3 is 1.64 bits per heavy atom. The zero-order valence-electron chi connectivity index (χ0n) is 7.43. The molecule has 0 atom stereocenters. The molecule has 0 saturated heterocycles. The Hall–Kier alpha value is -0.0500. The fourth-order valence-electron chi connectivity index (χ4n) is 1.15. The van der Waals surface area contributed by atoms with E-state index in [4.69, 9.17) is 4.74 Å². The lowest BCUT2D eigenvalue weighted by atomic mass is 9.96. The van der Waals surface area contributed by atoms with Crippen LogP contribution in [0.3, 0.4) is 0 Å². The molecule has 0 saturated carbocycles. The first-order valence-corrected chi connectivity index (χ1v) is 4.60. The Kier molecular flexibility index (Phi) is 4.73. The summed E-state index contributed by atoms with van der Waals surface area (Å²) in [5.74, 6) is 0.744. The fraction of sp³-hybridized carbons (Fsp3) is 0.875. The highest BCUT2D eigenvalue weighted by atomic mass is 79.9. The van der Waals surface area contributed by atoms with Gasteiger partial charge >= 0.3 is 4.88 Å². The average molecular weight is 223 g/mol. The predicted octanol–water partition coefficient (Wildman–Crippen LogP) is 3.20. The predicted molar refractivity (Wildman–Crippen MR) is 48.9 cm³/mol. The van der Waals surface area contributed by atoms with Crippen LogP contribution in [0.5, 0.6) is 0 Å². The van der Waals surface area contributed by atoms with Crippen LogP contribution in [0, 0.1) is 11.8 Å². The van der Waals surface area contributed by atoms with Crippen LogP contribution in [0.15, 0.2) is 0 Å². The summed E-state index contributed by atoms with van der Waals surface area (Å²) in [6.07, 6.45) is 0.0156. The summed E-state index contributed by atoms with van der Waals surface area (Å²) < 4.78 is 5.05. The molecule has 3 heteroatoms. The molecule has 0 radical (unpaired) electrons. The number of carbonyl (C=O) groups excluding carboxylic acids is 1. The van der Waals surface area contributed by atoms with Crippen molar-refractivity contribution < 1.29 is 9.53 Å². The van der Waals surface area contributed by atoms with Crippen molar-refractivity contribution in [1.82, 2.24) is 0 Å². The third-order valence-corrected chi connectivity index (χ3v) is 1.73. The molecule has 0 unspecified atom stereocenters. The van der Waals surface area contributed by atoms with Crippen molar-refractivity contribution in [3.63, 3.8) is 0 Å². The van der Waals surface area contributed by atoms with Gasteiger partial charge in [0.15, 0.2) is 0 Å². The molecule has 0 amide bonds.